The van der Waals surface area contributed by atoms with Gasteiger partial charge in [0.25, 0.3) is 0 Å². The van der Waals surface area contributed by atoms with Gasteiger partial charge in [-0.3, -0.25) is 0 Å². The van der Waals surface area contributed by atoms with E-state index < -0.39 is 0 Å². The molecule has 2 aromatic heterocycles. The number of carbonyl (C=O) groups excluding carboxylic acids is 1. The van der Waals surface area contributed by atoms with Gasteiger partial charge in [0.15, 0.2) is 0 Å². The smallest absolute Gasteiger partial charge is 0.315 e. The molecule has 1 aliphatic heterocycles. The first kappa shape index (κ1) is 16.7. The van der Waals surface area contributed by atoms with Crippen molar-refractivity contribution in [2.75, 3.05) is 18.0 Å². The van der Waals surface area contributed by atoms with E-state index in [-0.39, 0.29) is 12.1 Å². The molecule has 3 rings (SSSR count). The second-order valence-electron chi connectivity index (χ2n) is 5.95. The average Bonchev–Trinajstić information content (AvgIpc) is 3.16. The zero-order chi connectivity index (χ0) is 16.8. The van der Waals surface area contributed by atoms with Crippen molar-refractivity contribution in [3.8, 4) is 0 Å². The minimum Gasteiger partial charge on any atom is -0.356 e. The van der Waals surface area contributed by atoms with Crippen molar-refractivity contribution in [3.63, 3.8) is 0 Å². The van der Waals surface area contributed by atoms with E-state index in [1.54, 1.807) is 6.20 Å². The van der Waals surface area contributed by atoms with Crippen molar-refractivity contribution >= 4 is 23.2 Å². The van der Waals surface area contributed by atoms with Gasteiger partial charge < -0.3 is 15.5 Å². The molecule has 0 aromatic carbocycles. The van der Waals surface area contributed by atoms with Gasteiger partial charge in [-0.15, -0.1) is 11.3 Å². The molecule has 2 aromatic rings. The highest BCUT2D eigenvalue weighted by atomic mass is 32.1. The van der Waals surface area contributed by atoms with Gasteiger partial charge in [0, 0.05) is 43.0 Å². The van der Waals surface area contributed by atoms with Crippen molar-refractivity contribution < 1.29 is 4.79 Å². The number of hydrogen-bond donors (Lipinski definition) is 2. The number of thiazole rings is 1. The Kier molecular flexibility index (Phi) is 5.63. The fraction of sp³-hybridized carbons (Fsp3) is 0.471. The summed E-state index contributed by atoms with van der Waals surface area (Å²) in [4.78, 5) is 23.2. The number of anilines is 1. The van der Waals surface area contributed by atoms with Crippen LogP contribution in [0, 0.1) is 0 Å². The summed E-state index contributed by atoms with van der Waals surface area (Å²) < 4.78 is 0. The molecule has 6 nitrogen and oxygen atoms in total. The molecule has 0 unspecified atom stereocenters. The standard InChI is InChI=1S/C17H23N5OS/c1-13(16-19-8-11-24-16)21-17(23)20-12-14-6-5-7-18-15(14)22-9-3-2-4-10-22/h5-8,11,13H,2-4,9-10,12H2,1H3,(H2,20,21,23)/t13-/m0/s1. The van der Waals surface area contributed by atoms with Crippen LogP contribution in [0.5, 0.6) is 0 Å². The van der Waals surface area contributed by atoms with Crippen LogP contribution >= 0.6 is 11.3 Å². The summed E-state index contributed by atoms with van der Waals surface area (Å²) in [6.45, 7) is 4.48. The Morgan fingerprint density at radius 1 is 1.29 bits per heavy atom. The maximum atomic E-state index is 12.1. The number of urea groups is 1. The molecule has 2 N–H and O–H groups in total. The van der Waals surface area contributed by atoms with Gasteiger partial charge in [-0.2, -0.15) is 0 Å². The van der Waals surface area contributed by atoms with E-state index in [9.17, 15) is 4.79 Å². The van der Waals surface area contributed by atoms with Crippen molar-refractivity contribution in [2.24, 2.45) is 0 Å². The number of nitrogens with zero attached hydrogens (tertiary/aromatic N) is 3. The van der Waals surface area contributed by atoms with Gasteiger partial charge in [-0.25, -0.2) is 14.8 Å². The second-order valence-corrected chi connectivity index (χ2v) is 6.88. The topological polar surface area (TPSA) is 70.2 Å². The molecule has 0 spiro atoms. The fourth-order valence-corrected chi connectivity index (χ4v) is 3.54. The number of pyridine rings is 1. The highest BCUT2D eigenvalue weighted by Crippen LogP contribution is 2.21. The SMILES string of the molecule is C[C@H](NC(=O)NCc1cccnc1N1CCCCC1)c1nccs1. The number of piperidine rings is 1. The lowest BCUT2D eigenvalue weighted by atomic mass is 10.1. The quantitative estimate of drug-likeness (QED) is 0.874. The first-order chi connectivity index (χ1) is 11.7. The molecule has 0 saturated carbocycles. The van der Waals surface area contributed by atoms with Crippen LogP contribution in [-0.2, 0) is 6.54 Å². The molecular weight excluding hydrogens is 322 g/mol. The van der Waals surface area contributed by atoms with E-state index in [4.69, 9.17) is 0 Å². The number of hydrogen-bond acceptors (Lipinski definition) is 5. The van der Waals surface area contributed by atoms with Gasteiger partial charge in [0.05, 0.1) is 6.04 Å². The highest BCUT2D eigenvalue weighted by Gasteiger charge is 2.16. The van der Waals surface area contributed by atoms with Crippen LogP contribution in [0.15, 0.2) is 29.9 Å². The third kappa shape index (κ3) is 4.23. The number of carbonyl (C=O) groups is 1. The number of nitrogens with one attached hydrogen (secondary N) is 2. The lowest BCUT2D eigenvalue weighted by Crippen LogP contribution is -2.37. The lowest BCUT2D eigenvalue weighted by molar-refractivity contribution is 0.237. The summed E-state index contributed by atoms with van der Waals surface area (Å²) in [6.07, 6.45) is 7.26. The van der Waals surface area contributed by atoms with Crippen molar-refractivity contribution in [1.82, 2.24) is 20.6 Å². The van der Waals surface area contributed by atoms with E-state index in [1.807, 2.05) is 30.6 Å². The molecule has 0 aliphatic carbocycles. The Bertz CT molecular complexity index is 655. The molecule has 0 radical (unpaired) electrons. The van der Waals surface area contributed by atoms with E-state index >= 15 is 0 Å². The maximum absolute atomic E-state index is 12.1. The van der Waals surface area contributed by atoms with Gasteiger partial charge in [-0.05, 0) is 32.3 Å². The van der Waals surface area contributed by atoms with Crippen molar-refractivity contribution in [1.29, 1.82) is 0 Å². The Morgan fingerprint density at radius 3 is 2.88 bits per heavy atom. The highest BCUT2D eigenvalue weighted by molar-refractivity contribution is 7.09. The number of rotatable bonds is 5. The minimum absolute atomic E-state index is 0.0968. The van der Waals surface area contributed by atoms with E-state index in [0.29, 0.717) is 6.54 Å². The second kappa shape index (κ2) is 8.10. The predicted molar refractivity (Wildman–Crippen MR) is 96.2 cm³/mol. The fourth-order valence-electron chi connectivity index (χ4n) is 2.89. The van der Waals surface area contributed by atoms with Gasteiger partial charge >= 0.3 is 6.03 Å². The van der Waals surface area contributed by atoms with E-state index in [2.05, 4.69) is 25.5 Å². The third-order valence-electron chi connectivity index (χ3n) is 4.13. The van der Waals surface area contributed by atoms with Crippen LogP contribution in [0.25, 0.3) is 0 Å². The normalized spacial score (nSPS) is 15.8. The third-order valence-corrected chi connectivity index (χ3v) is 5.09. The molecule has 0 bridgehead atoms. The lowest BCUT2D eigenvalue weighted by Gasteiger charge is -2.29. The van der Waals surface area contributed by atoms with E-state index in [0.717, 1.165) is 29.5 Å². The Labute approximate surface area is 146 Å². The predicted octanol–water partition coefficient (Wildman–Crippen LogP) is 3.09. The summed E-state index contributed by atoms with van der Waals surface area (Å²) in [5.41, 5.74) is 1.05. The number of aromatic nitrogens is 2. The Balaban J connectivity index is 1.57. The largest absolute Gasteiger partial charge is 0.356 e. The minimum atomic E-state index is -0.189. The summed E-state index contributed by atoms with van der Waals surface area (Å²) in [5, 5.41) is 8.66. The van der Waals surface area contributed by atoms with Crippen molar-refractivity contribution in [3.05, 3.63) is 40.5 Å². The monoisotopic (exact) mass is 345 g/mol. The summed E-state index contributed by atoms with van der Waals surface area (Å²) in [6, 6.07) is 3.66. The molecule has 128 valence electrons. The van der Waals surface area contributed by atoms with Crippen LogP contribution in [0.3, 0.4) is 0 Å². The molecule has 2 amide bonds. The zero-order valence-corrected chi connectivity index (χ0v) is 14.7. The van der Waals surface area contributed by atoms with Crippen molar-refractivity contribution in [2.45, 2.75) is 38.8 Å². The molecule has 3 heterocycles. The molecule has 1 saturated heterocycles. The zero-order valence-electron chi connectivity index (χ0n) is 13.9. The summed E-state index contributed by atoms with van der Waals surface area (Å²) in [5.74, 6) is 0.991. The van der Waals surface area contributed by atoms with Crippen LogP contribution in [0.4, 0.5) is 10.6 Å². The Hall–Kier alpha value is -2.15. The maximum Gasteiger partial charge on any atom is 0.315 e. The summed E-state index contributed by atoms with van der Waals surface area (Å²) >= 11 is 1.54. The molecule has 1 atom stereocenters. The van der Waals surface area contributed by atoms with Gasteiger partial charge in [0.1, 0.15) is 10.8 Å². The number of amides is 2. The van der Waals surface area contributed by atoms with Gasteiger partial charge in [0.2, 0.25) is 0 Å². The van der Waals surface area contributed by atoms with Crippen LogP contribution in [0.2, 0.25) is 0 Å². The molecule has 7 heteroatoms. The molecular formula is C17H23N5OS. The summed E-state index contributed by atoms with van der Waals surface area (Å²) in [7, 11) is 0. The molecule has 24 heavy (non-hydrogen) atoms. The molecule has 1 aliphatic rings. The van der Waals surface area contributed by atoms with Gasteiger partial charge in [-0.1, -0.05) is 6.07 Å². The Morgan fingerprint density at radius 2 is 2.12 bits per heavy atom. The van der Waals surface area contributed by atoms with Crippen LogP contribution in [-0.4, -0.2) is 29.1 Å². The first-order valence-corrected chi connectivity index (χ1v) is 9.24. The average molecular weight is 345 g/mol. The van der Waals surface area contributed by atoms with E-state index in [1.165, 1.54) is 30.6 Å². The van der Waals surface area contributed by atoms with Crippen LogP contribution < -0.4 is 15.5 Å². The van der Waals surface area contributed by atoms with Crippen LogP contribution in [0.1, 0.15) is 42.8 Å². The molecule has 1 fully saturated rings. The first-order valence-electron chi connectivity index (χ1n) is 8.36.